The number of benzene rings is 2. The predicted molar refractivity (Wildman–Crippen MR) is 114 cm³/mol. The summed E-state index contributed by atoms with van der Waals surface area (Å²) in [5, 5.41) is 5.72. The third-order valence-electron chi connectivity index (χ3n) is 6.00. The molecule has 3 aromatic rings. The Balaban J connectivity index is 1.71. The topological polar surface area (TPSA) is 81.2 Å². The molecule has 2 N–H and O–H groups in total. The second kappa shape index (κ2) is 7.89. The van der Waals surface area contributed by atoms with E-state index in [1.807, 2.05) is 23.1 Å². The van der Waals surface area contributed by atoms with E-state index < -0.39 is 6.04 Å². The van der Waals surface area contributed by atoms with Crippen LogP contribution in [0.25, 0.3) is 10.9 Å². The number of piperidine rings is 1. The molecule has 0 spiro atoms. The predicted octanol–water partition coefficient (Wildman–Crippen LogP) is 3.93. The number of nitrogens with two attached hydrogens (primary N) is 1. The summed E-state index contributed by atoms with van der Waals surface area (Å²) >= 11 is 0. The average Bonchev–Trinajstić information content (AvgIpc) is 3.14. The maximum atomic E-state index is 13.2. The summed E-state index contributed by atoms with van der Waals surface area (Å²) in [5.41, 5.74) is 9.07. The summed E-state index contributed by atoms with van der Waals surface area (Å²) in [6.07, 6.45) is 1.61. The van der Waals surface area contributed by atoms with Gasteiger partial charge in [-0.15, -0.1) is 0 Å². The third-order valence-corrected chi connectivity index (χ3v) is 6.00. The molecule has 7 heteroatoms. The van der Waals surface area contributed by atoms with Crippen molar-refractivity contribution in [2.75, 3.05) is 18.8 Å². The lowest BCUT2D eigenvalue weighted by Gasteiger charge is -2.30. The maximum Gasteiger partial charge on any atom is 0.219 e. The van der Waals surface area contributed by atoms with Crippen molar-refractivity contribution in [1.29, 1.82) is 0 Å². The lowest BCUT2D eigenvalue weighted by molar-refractivity contribution is -0.129. The number of ketones is 1. The normalized spacial score (nSPS) is 16.0. The molecule has 2 heterocycles. The molecule has 1 saturated heterocycles. The number of anilines is 1. The van der Waals surface area contributed by atoms with E-state index in [-0.39, 0.29) is 23.4 Å². The van der Waals surface area contributed by atoms with Crippen molar-refractivity contribution < 1.29 is 14.0 Å². The number of nitrogens with zero attached hydrogens (tertiary/aromatic N) is 3. The van der Waals surface area contributed by atoms with Crippen LogP contribution in [0.15, 0.2) is 42.5 Å². The smallest absolute Gasteiger partial charge is 0.219 e. The number of carbonyl (C=O) groups excluding carboxylic acids is 2. The molecule has 1 aliphatic rings. The van der Waals surface area contributed by atoms with Crippen molar-refractivity contribution in [3.05, 3.63) is 59.5 Å². The Kier molecular flexibility index (Phi) is 5.28. The lowest BCUT2D eigenvalue weighted by atomic mass is 9.91. The number of aromatic nitrogens is 2. The molecule has 1 atom stereocenters. The van der Waals surface area contributed by atoms with E-state index >= 15 is 0 Å². The van der Waals surface area contributed by atoms with Gasteiger partial charge >= 0.3 is 0 Å². The molecule has 1 amide bonds. The fraction of sp³-hybridized carbons (Fsp3) is 0.348. The van der Waals surface area contributed by atoms with Gasteiger partial charge in [0.25, 0.3) is 0 Å². The zero-order chi connectivity index (χ0) is 21.4. The van der Waals surface area contributed by atoms with Crippen molar-refractivity contribution in [2.24, 2.45) is 0 Å². The van der Waals surface area contributed by atoms with Gasteiger partial charge < -0.3 is 10.6 Å². The first-order chi connectivity index (χ1) is 14.4. The monoisotopic (exact) mass is 408 g/mol. The van der Waals surface area contributed by atoms with Gasteiger partial charge in [-0.3, -0.25) is 14.3 Å². The maximum absolute atomic E-state index is 13.2. The van der Waals surface area contributed by atoms with Crippen LogP contribution in [0.4, 0.5) is 10.1 Å². The number of rotatable bonds is 4. The number of fused-ring (bicyclic) bond motifs is 1. The second-order valence-corrected chi connectivity index (χ2v) is 7.90. The highest BCUT2D eigenvalue weighted by Crippen LogP contribution is 2.36. The van der Waals surface area contributed by atoms with E-state index in [0.29, 0.717) is 24.3 Å². The minimum absolute atomic E-state index is 0.0851. The molecule has 156 valence electrons. The van der Waals surface area contributed by atoms with E-state index in [1.54, 1.807) is 18.5 Å². The fourth-order valence-corrected chi connectivity index (χ4v) is 4.26. The number of hydrogen-bond donors (Lipinski definition) is 1. The largest absolute Gasteiger partial charge is 0.398 e. The van der Waals surface area contributed by atoms with Gasteiger partial charge in [-0.25, -0.2) is 4.39 Å². The Bertz CT molecular complexity index is 1100. The van der Waals surface area contributed by atoms with Crippen LogP contribution in [0, 0.1) is 5.82 Å². The number of halogens is 1. The Morgan fingerprint density at radius 3 is 2.43 bits per heavy atom. The van der Waals surface area contributed by atoms with Crippen LogP contribution in [0.2, 0.25) is 0 Å². The van der Waals surface area contributed by atoms with Crippen molar-refractivity contribution >= 4 is 28.3 Å². The molecule has 1 aliphatic heterocycles. The van der Waals surface area contributed by atoms with Gasteiger partial charge in [0.15, 0.2) is 5.78 Å². The number of Topliss-reactive ketones (excluding diaryl/α,β-unsaturated/α-hetero) is 1. The van der Waals surface area contributed by atoms with Gasteiger partial charge in [-0.05, 0) is 56.2 Å². The van der Waals surface area contributed by atoms with Crippen LogP contribution in [0.5, 0.6) is 0 Å². The molecular formula is C23H25FN4O2. The number of likely N-dealkylation sites (tertiary alicyclic amines) is 1. The number of amides is 1. The van der Waals surface area contributed by atoms with E-state index in [2.05, 4.69) is 0 Å². The highest BCUT2D eigenvalue weighted by molar-refractivity contribution is 6.00. The molecule has 0 saturated carbocycles. The minimum Gasteiger partial charge on any atom is -0.398 e. The van der Waals surface area contributed by atoms with E-state index in [9.17, 15) is 14.0 Å². The Morgan fingerprint density at radius 1 is 1.13 bits per heavy atom. The zero-order valence-electron chi connectivity index (χ0n) is 17.1. The zero-order valence-corrected chi connectivity index (χ0v) is 17.1. The van der Waals surface area contributed by atoms with Gasteiger partial charge in [0, 0.05) is 42.6 Å². The molecule has 4 rings (SSSR count). The van der Waals surface area contributed by atoms with E-state index in [4.69, 9.17) is 10.8 Å². The van der Waals surface area contributed by atoms with Crippen LogP contribution in [0.1, 0.15) is 54.7 Å². The van der Waals surface area contributed by atoms with Gasteiger partial charge in [0.2, 0.25) is 5.91 Å². The van der Waals surface area contributed by atoms with Crippen LogP contribution in [0.3, 0.4) is 0 Å². The second-order valence-electron chi connectivity index (χ2n) is 7.90. The molecule has 0 aliphatic carbocycles. The SMILES string of the molecule is CC(=O)N1CCC(c2nn(C(C)C(=O)c3ccc(F)cc3)c3cccc(N)c23)CC1. The molecule has 30 heavy (non-hydrogen) atoms. The van der Waals surface area contributed by atoms with Crippen molar-refractivity contribution in [3.63, 3.8) is 0 Å². The van der Waals surface area contributed by atoms with Crippen LogP contribution < -0.4 is 5.73 Å². The first-order valence-electron chi connectivity index (χ1n) is 10.2. The third kappa shape index (κ3) is 3.56. The van der Waals surface area contributed by atoms with Gasteiger partial charge in [0.05, 0.1) is 11.2 Å². The molecule has 1 unspecified atom stereocenters. The lowest BCUT2D eigenvalue weighted by Crippen LogP contribution is -2.36. The van der Waals surface area contributed by atoms with Crippen LogP contribution >= 0.6 is 0 Å². The van der Waals surface area contributed by atoms with E-state index in [0.717, 1.165) is 29.4 Å². The summed E-state index contributed by atoms with van der Waals surface area (Å²) in [4.78, 5) is 26.5. The number of hydrogen-bond acceptors (Lipinski definition) is 4. The molecule has 2 aromatic carbocycles. The van der Waals surface area contributed by atoms with Gasteiger partial charge in [-0.1, -0.05) is 6.07 Å². The first kappa shape index (κ1) is 20.1. The average molecular weight is 408 g/mol. The van der Waals surface area contributed by atoms with E-state index in [1.165, 1.54) is 24.3 Å². The Hall–Kier alpha value is -3.22. The standard InChI is InChI=1S/C23H25FN4O2/c1-14(23(30)17-6-8-18(24)9-7-17)28-20-5-3-4-19(25)21(20)22(26-28)16-10-12-27(13-11-16)15(2)29/h3-9,14,16H,10-13,25H2,1-2H3. The fourth-order valence-electron chi connectivity index (χ4n) is 4.26. The quantitative estimate of drug-likeness (QED) is 0.524. The summed E-state index contributed by atoms with van der Waals surface area (Å²) in [7, 11) is 0. The highest BCUT2D eigenvalue weighted by atomic mass is 19.1. The van der Waals surface area contributed by atoms with Gasteiger partial charge in [0.1, 0.15) is 11.9 Å². The molecule has 1 aromatic heterocycles. The molecule has 6 nitrogen and oxygen atoms in total. The Labute approximate surface area is 174 Å². The van der Waals surface area contributed by atoms with Crippen molar-refractivity contribution in [2.45, 2.75) is 38.6 Å². The number of carbonyl (C=O) groups is 2. The highest BCUT2D eigenvalue weighted by Gasteiger charge is 2.29. The number of nitrogen functional groups attached to an aromatic ring is 1. The summed E-state index contributed by atoms with van der Waals surface area (Å²) in [6.45, 7) is 4.75. The van der Waals surface area contributed by atoms with Crippen LogP contribution in [-0.4, -0.2) is 39.5 Å². The van der Waals surface area contributed by atoms with Gasteiger partial charge in [-0.2, -0.15) is 5.10 Å². The Morgan fingerprint density at radius 2 is 1.80 bits per heavy atom. The van der Waals surface area contributed by atoms with Crippen molar-refractivity contribution in [1.82, 2.24) is 14.7 Å². The molecular weight excluding hydrogens is 383 g/mol. The van der Waals surface area contributed by atoms with Crippen LogP contribution in [-0.2, 0) is 4.79 Å². The summed E-state index contributed by atoms with van der Waals surface area (Å²) in [6, 6.07) is 10.6. The molecule has 1 fully saturated rings. The van der Waals surface area contributed by atoms with Crippen molar-refractivity contribution in [3.8, 4) is 0 Å². The molecule has 0 bridgehead atoms. The first-order valence-corrected chi connectivity index (χ1v) is 10.2. The minimum atomic E-state index is -0.564. The summed E-state index contributed by atoms with van der Waals surface area (Å²) in [5.74, 6) is -0.264. The summed E-state index contributed by atoms with van der Waals surface area (Å²) < 4.78 is 15.0. The molecule has 0 radical (unpaired) electrons.